The smallest absolute Gasteiger partial charge is 0.345 e. The molecule has 0 unspecified atom stereocenters. The molecule has 0 fully saturated rings. The fraction of sp³-hybridized carbons (Fsp3) is 0.250. The molecule has 1 N–H and O–H groups in total. The molecule has 0 aromatic carbocycles. The van der Waals surface area contributed by atoms with Gasteiger partial charge in [0.2, 0.25) is 5.88 Å². The van der Waals surface area contributed by atoms with Crippen LogP contribution in [0.2, 0.25) is 0 Å². The van der Waals surface area contributed by atoms with Crippen molar-refractivity contribution in [2.24, 2.45) is 0 Å². The van der Waals surface area contributed by atoms with E-state index >= 15 is 0 Å². The summed E-state index contributed by atoms with van der Waals surface area (Å²) in [4.78, 5) is 14.5. The van der Waals surface area contributed by atoms with Crippen molar-refractivity contribution in [3.8, 4) is 11.6 Å². The summed E-state index contributed by atoms with van der Waals surface area (Å²) in [5.74, 6) is -0.840. The Hall–Kier alpha value is -1.49. The molecule has 0 amide bonds. The van der Waals surface area contributed by atoms with Gasteiger partial charge < -0.3 is 14.6 Å². The van der Waals surface area contributed by atoms with E-state index in [1.165, 1.54) is 26.5 Å². The van der Waals surface area contributed by atoms with Crippen LogP contribution in [-0.2, 0) is 0 Å². The van der Waals surface area contributed by atoms with Gasteiger partial charge in [0.25, 0.3) is 0 Å². The fourth-order valence-electron chi connectivity index (χ4n) is 0.948. The molecule has 0 radical (unpaired) electrons. The third-order valence-electron chi connectivity index (χ3n) is 1.51. The molecular formula is C8H10ClNO4. The fourth-order valence-corrected chi connectivity index (χ4v) is 0.948. The summed E-state index contributed by atoms with van der Waals surface area (Å²) in [6, 6.07) is 1.46. The SMILES string of the molecule is COc1ccnc(OC)c1C(=O)O.Cl. The zero-order valence-electron chi connectivity index (χ0n) is 7.68. The minimum absolute atomic E-state index is 0. The third-order valence-corrected chi connectivity index (χ3v) is 1.51. The Morgan fingerprint density at radius 2 is 2.07 bits per heavy atom. The predicted octanol–water partition coefficient (Wildman–Crippen LogP) is 1.22. The number of hydrogen-bond donors (Lipinski definition) is 1. The summed E-state index contributed by atoms with van der Waals surface area (Å²) in [5.41, 5.74) is -0.0625. The highest BCUT2D eigenvalue weighted by Crippen LogP contribution is 2.25. The molecule has 0 saturated heterocycles. The molecule has 5 nitrogen and oxygen atoms in total. The van der Waals surface area contributed by atoms with E-state index in [1.807, 2.05) is 0 Å². The van der Waals surface area contributed by atoms with Crippen LogP contribution >= 0.6 is 12.4 Å². The van der Waals surface area contributed by atoms with Gasteiger partial charge in [-0.05, 0) is 6.07 Å². The number of carboxylic acids is 1. The number of methoxy groups -OCH3 is 2. The van der Waals surface area contributed by atoms with Crippen LogP contribution in [0.5, 0.6) is 11.6 Å². The van der Waals surface area contributed by atoms with Crippen LogP contribution in [0.1, 0.15) is 10.4 Å². The number of carbonyl (C=O) groups is 1. The summed E-state index contributed by atoms with van der Waals surface area (Å²) in [6.45, 7) is 0. The van der Waals surface area contributed by atoms with Gasteiger partial charge in [0.15, 0.2) is 5.56 Å². The lowest BCUT2D eigenvalue weighted by molar-refractivity contribution is 0.0688. The van der Waals surface area contributed by atoms with Crippen molar-refractivity contribution < 1.29 is 19.4 Å². The van der Waals surface area contributed by atoms with Crippen LogP contribution in [0.3, 0.4) is 0 Å². The molecule has 0 aliphatic carbocycles. The van der Waals surface area contributed by atoms with Gasteiger partial charge in [-0.2, -0.15) is 0 Å². The van der Waals surface area contributed by atoms with Gasteiger partial charge in [-0.3, -0.25) is 0 Å². The van der Waals surface area contributed by atoms with Gasteiger partial charge in [-0.1, -0.05) is 0 Å². The van der Waals surface area contributed by atoms with Crippen LogP contribution in [0.4, 0.5) is 0 Å². The molecule has 0 atom stereocenters. The zero-order chi connectivity index (χ0) is 9.84. The van der Waals surface area contributed by atoms with E-state index in [2.05, 4.69) is 4.98 Å². The monoisotopic (exact) mass is 219 g/mol. The quantitative estimate of drug-likeness (QED) is 0.828. The Morgan fingerprint density at radius 1 is 1.43 bits per heavy atom. The second kappa shape index (κ2) is 5.29. The molecule has 0 saturated carbocycles. The number of aromatic carboxylic acids is 1. The van der Waals surface area contributed by atoms with Gasteiger partial charge in [0.1, 0.15) is 5.75 Å². The Balaban J connectivity index is 0.00000169. The average Bonchev–Trinajstić information content (AvgIpc) is 2.16. The van der Waals surface area contributed by atoms with Gasteiger partial charge in [-0.15, -0.1) is 12.4 Å². The molecule has 0 aliphatic rings. The zero-order valence-corrected chi connectivity index (χ0v) is 8.50. The van der Waals surface area contributed by atoms with Crippen molar-refractivity contribution in [3.05, 3.63) is 17.8 Å². The molecule has 0 spiro atoms. The van der Waals surface area contributed by atoms with Gasteiger partial charge in [0.05, 0.1) is 14.2 Å². The second-order valence-electron chi connectivity index (χ2n) is 2.20. The summed E-state index contributed by atoms with van der Waals surface area (Å²) in [5, 5.41) is 8.81. The molecular weight excluding hydrogens is 210 g/mol. The minimum atomic E-state index is -1.12. The lowest BCUT2D eigenvalue weighted by Crippen LogP contribution is -2.04. The van der Waals surface area contributed by atoms with Gasteiger partial charge >= 0.3 is 5.97 Å². The van der Waals surface area contributed by atoms with Gasteiger partial charge in [-0.25, -0.2) is 9.78 Å². The highest BCUT2D eigenvalue weighted by Gasteiger charge is 2.17. The van der Waals surface area contributed by atoms with Crippen molar-refractivity contribution in [1.82, 2.24) is 4.98 Å². The van der Waals surface area contributed by atoms with Crippen LogP contribution in [0, 0.1) is 0 Å². The van der Waals surface area contributed by atoms with Crippen molar-refractivity contribution in [2.75, 3.05) is 14.2 Å². The number of aromatic nitrogens is 1. The van der Waals surface area contributed by atoms with Crippen LogP contribution in [0.15, 0.2) is 12.3 Å². The first kappa shape index (κ1) is 12.5. The van der Waals surface area contributed by atoms with E-state index in [-0.39, 0.29) is 29.6 Å². The standard InChI is InChI=1S/C8H9NO4.ClH/c1-12-5-3-4-9-7(13-2)6(5)8(10)11;/h3-4H,1-2H3,(H,10,11);1H. The average molecular weight is 220 g/mol. The summed E-state index contributed by atoms with van der Waals surface area (Å²) >= 11 is 0. The Bertz CT molecular complexity index is 307. The molecule has 1 heterocycles. The number of rotatable bonds is 3. The number of hydrogen-bond acceptors (Lipinski definition) is 4. The van der Waals surface area contributed by atoms with Crippen molar-refractivity contribution in [2.45, 2.75) is 0 Å². The summed E-state index contributed by atoms with van der Waals surface area (Å²) in [7, 11) is 2.75. The van der Waals surface area contributed by atoms with Crippen LogP contribution < -0.4 is 9.47 Å². The number of halogens is 1. The van der Waals surface area contributed by atoms with Crippen molar-refractivity contribution in [3.63, 3.8) is 0 Å². The van der Waals surface area contributed by atoms with Crippen molar-refractivity contribution >= 4 is 18.4 Å². The third kappa shape index (κ3) is 2.26. The lowest BCUT2D eigenvalue weighted by atomic mass is 10.2. The molecule has 0 bridgehead atoms. The lowest BCUT2D eigenvalue weighted by Gasteiger charge is -2.07. The number of ether oxygens (including phenoxy) is 2. The second-order valence-corrected chi connectivity index (χ2v) is 2.20. The topological polar surface area (TPSA) is 68.7 Å². The normalized spacial score (nSPS) is 8.71. The first-order valence-corrected chi connectivity index (χ1v) is 3.51. The first-order chi connectivity index (χ1) is 6.20. The molecule has 78 valence electrons. The maximum Gasteiger partial charge on any atom is 0.345 e. The Kier molecular flexibility index (Phi) is 4.72. The number of nitrogens with zero attached hydrogens (tertiary/aromatic N) is 1. The van der Waals surface area contributed by atoms with E-state index < -0.39 is 5.97 Å². The number of pyridine rings is 1. The van der Waals surface area contributed by atoms with Crippen LogP contribution in [0.25, 0.3) is 0 Å². The molecule has 1 aromatic heterocycles. The number of carboxylic acid groups (broad SMARTS) is 1. The van der Waals surface area contributed by atoms with E-state index in [1.54, 1.807) is 0 Å². The Morgan fingerprint density at radius 3 is 2.50 bits per heavy atom. The Labute approximate surface area is 87.1 Å². The predicted molar refractivity (Wildman–Crippen MR) is 51.5 cm³/mol. The maximum atomic E-state index is 10.8. The largest absolute Gasteiger partial charge is 0.496 e. The first-order valence-electron chi connectivity index (χ1n) is 3.51. The van der Waals surface area contributed by atoms with E-state index in [0.717, 1.165) is 0 Å². The van der Waals surface area contributed by atoms with Crippen LogP contribution in [-0.4, -0.2) is 30.3 Å². The van der Waals surface area contributed by atoms with E-state index in [0.29, 0.717) is 0 Å². The molecule has 14 heavy (non-hydrogen) atoms. The maximum absolute atomic E-state index is 10.8. The molecule has 1 aromatic rings. The molecule has 6 heteroatoms. The molecule has 1 rings (SSSR count). The van der Waals surface area contributed by atoms with Crippen molar-refractivity contribution in [1.29, 1.82) is 0 Å². The van der Waals surface area contributed by atoms with Gasteiger partial charge in [0, 0.05) is 6.20 Å². The summed E-state index contributed by atoms with van der Waals surface area (Å²) < 4.78 is 9.63. The highest BCUT2D eigenvalue weighted by atomic mass is 35.5. The van der Waals surface area contributed by atoms with E-state index in [4.69, 9.17) is 14.6 Å². The highest BCUT2D eigenvalue weighted by molar-refractivity contribution is 5.93. The molecule has 0 aliphatic heterocycles. The minimum Gasteiger partial charge on any atom is -0.496 e. The summed E-state index contributed by atoms with van der Waals surface area (Å²) in [6.07, 6.45) is 1.42. The van der Waals surface area contributed by atoms with E-state index in [9.17, 15) is 4.79 Å².